The van der Waals surface area contributed by atoms with Gasteiger partial charge in [-0.1, -0.05) is 38.0 Å². The smallest absolute Gasteiger partial charge is 0.429 e. The molecule has 3 aliphatic heterocycles. The van der Waals surface area contributed by atoms with Crippen molar-refractivity contribution in [2.24, 2.45) is 11.8 Å². The number of carbonyl (C=O) groups excluding carboxylic acids is 4. The number of amides is 3. The number of aliphatic hydroxyl groups is 1. The van der Waals surface area contributed by atoms with E-state index in [1.54, 1.807) is 0 Å². The average Bonchev–Trinajstić information content (AvgIpc) is 3.39. The van der Waals surface area contributed by atoms with Crippen LogP contribution in [0.2, 0.25) is 0 Å². The van der Waals surface area contributed by atoms with Crippen LogP contribution in [0.5, 0.6) is 0 Å². The molecule has 0 saturated carbocycles. The summed E-state index contributed by atoms with van der Waals surface area (Å²) < 4.78 is 15.4. The maximum Gasteiger partial charge on any atom is 0.429 e. The summed E-state index contributed by atoms with van der Waals surface area (Å²) in [5.41, 5.74) is 0.649. The first kappa shape index (κ1) is 25.0. The number of fused-ring (bicyclic) bond motifs is 1. The molecular formula is C23H29N3O8. The zero-order chi connectivity index (χ0) is 25.0. The summed E-state index contributed by atoms with van der Waals surface area (Å²) in [5.74, 6) is -2.22. The van der Waals surface area contributed by atoms with Crippen molar-refractivity contribution in [3.8, 4) is 0 Å². The lowest BCUT2D eigenvalue weighted by Gasteiger charge is -2.44. The molecule has 3 aliphatic rings. The van der Waals surface area contributed by atoms with E-state index in [1.165, 1.54) is 30.1 Å². The Morgan fingerprint density at radius 3 is 1.97 bits per heavy atom. The predicted molar refractivity (Wildman–Crippen MR) is 119 cm³/mol. The monoisotopic (exact) mass is 475 g/mol. The summed E-state index contributed by atoms with van der Waals surface area (Å²) in [7, 11) is 0. The first-order chi connectivity index (χ1) is 16.3. The van der Waals surface area contributed by atoms with Gasteiger partial charge in [0, 0.05) is 5.92 Å². The van der Waals surface area contributed by atoms with Crippen LogP contribution < -0.4 is 0 Å². The molecule has 34 heavy (non-hydrogen) atoms. The first-order valence-corrected chi connectivity index (χ1v) is 10.9. The van der Waals surface area contributed by atoms with Crippen LogP contribution >= 0.6 is 0 Å². The summed E-state index contributed by atoms with van der Waals surface area (Å²) >= 11 is 0. The standard InChI is InChI=1S/C23H29N3O8/c1-5-8-32-21(29)19-16(11-17-18(14(4)27)20(28)26(17)19)15-12-24(22(30)33-9-6-2)25(13-15)23(31)34-10-7-3/h5-7,14-15,17-18,27H,1-3,8-13H2,4H3/t14-,17-,18-/m1/s1. The zero-order valence-corrected chi connectivity index (χ0v) is 19.1. The number of hydrogen-bond acceptors (Lipinski definition) is 8. The van der Waals surface area contributed by atoms with Gasteiger partial charge in [0.25, 0.3) is 0 Å². The van der Waals surface area contributed by atoms with Crippen LogP contribution in [0.4, 0.5) is 9.59 Å². The highest BCUT2D eigenvalue weighted by Gasteiger charge is 2.58. The predicted octanol–water partition coefficient (Wildman–Crippen LogP) is 1.38. The van der Waals surface area contributed by atoms with E-state index in [9.17, 15) is 24.3 Å². The van der Waals surface area contributed by atoms with Gasteiger partial charge in [0.2, 0.25) is 5.91 Å². The van der Waals surface area contributed by atoms with Crippen molar-refractivity contribution in [2.45, 2.75) is 25.5 Å². The number of nitrogens with zero attached hydrogens (tertiary/aromatic N) is 3. The Balaban J connectivity index is 1.92. The van der Waals surface area contributed by atoms with Gasteiger partial charge in [0.05, 0.1) is 31.2 Å². The third-order valence-electron chi connectivity index (χ3n) is 5.93. The third-order valence-corrected chi connectivity index (χ3v) is 5.93. The Hall–Kier alpha value is -3.60. The van der Waals surface area contributed by atoms with E-state index in [1.807, 2.05) is 0 Å². The molecule has 1 N–H and O–H groups in total. The van der Waals surface area contributed by atoms with Gasteiger partial charge in [-0.15, -0.1) is 0 Å². The number of ether oxygens (including phenoxy) is 3. The van der Waals surface area contributed by atoms with Crippen molar-refractivity contribution in [3.63, 3.8) is 0 Å². The van der Waals surface area contributed by atoms with Crippen molar-refractivity contribution >= 4 is 24.1 Å². The van der Waals surface area contributed by atoms with Gasteiger partial charge in [0.15, 0.2) is 0 Å². The molecule has 3 heterocycles. The lowest BCUT2D eigenvalue weighted by molar-refractivity contribution is -0.162. The zero-order valence-electron chi connectivity index (χ0n) is 19.1. The number of carbonyl (C=O) groups is 4. The fraction of sp³-hybridized carbons (Fsp3) is 0.478. The van der Waals surface area contributed by atoms with Gasteiger partial charge >= 0.3 is 18.2 Å². The number of esters is 1. The van der Waals surface area contributed by atoms with E-state index in [4.69, 9.17) is 14.2 Å². The van der Waals surface area contributed by atoms with E-state index in [2.05, 4.69) is 19.7 Å². The second-order valence-electron chi connectivity index (χ2n) is 8.10. The van der Waals surface area contributed by atoms with Crippen LogP contribution in [-0.4, -0.2) is 89.1 Å². The molecule has 0 unspecified atom stereocenters. The maximum absolute atomic E-state index is 12.9. The average molecular weight is 475 g/mol. The first-order valence-electron chi connectivity index (χ1n) is 10.9. The van der Waals surface area contributed by atoms with Gasteiger partial charge < -0.3 is 24.2 Å². The summed E-state index contributed by atoms with van der Waals surface area (Å²) in [4.78, 5) is 52.2. The van der Waals surface area contributed by atoms with Gasteiger partial charge in [-0.05, 0) is 18.9 Å². The molecule has 0 aromatic rings. The lowest BCUT2D eigenvalue weighted by atomic mass is 9.82. The number of β-lactam (4-membered cyclic amide) rings is 1. The molecule has 2 fully saturated rings. The molecule has 3 rings (SSSR count). The van der Waals surface area contributed by atoms with E-state index in [-0.39, 0.29) is 44.5 Å². The second kappa shape index (κ2) is 10.6. The highest BCUT2D eigenvalue weighted by atomic mass is 16.6. The van der Waals surface area contributed by atoms with E-state index < -0.39 is 42.1 Å². The van der Waals surface area contributed by atoms with E-state index in [0.29, 0.717) is 12.0 Å². The Morgan fingerprint density at radius 2 is 1.50 bits per heavy atom. The van der Waals surface area contributed by atoms with Crippen LogP contribution in [0, 0.1) is 11.8 Å². The van der Waals surface area contributed by atoms with E-state index >= 15 is 0 Å². The van der Waals surface area contributed by atoms with Gasteiger partial charge in [-0.3, -0.25) is 4.79 Å². The van der Waals surface area contributed by atoms with Crippen molar-refractivity contribution in [3.05, 3.63) is 49.2 Å². The van der Waals surface area contributed by atoms with Crippen LogP contribution in [0.1, 0.15) is 13.3 Å². The Morgan fingerprint density at radius 1 is 1.00 bits per heavy atom. The van der Waals surface area contributed by atoms with Gasteiger partial charge in [0.1, 0.15) is 25.5 Å². The van der Waals surface area contributed by atoms with Crippen molar-refractivity contribution in [1.82, 2.24) is 14.9 Å². The minimum Gasteiger partial charge on any atom is -0.457 e. The fourth-order valence-corrected chi connectivity index (χ4v) is 4.51. The molecule has 184 valence electrons. The lowest BCUT2D eigenvalue weighted by Crippen LogP contribution is -2.61. The van der Waals surface area contributed by atoms with Gasteiger partial charge in [-0.25, -0.2) is 24.4 Å². The molecule has 11 heteroatoms. The molecule has 0 aromatic heterocycles. The number of hydrogen-bond donors (Lipinski definition) is 1. The Kier molecular flexibility index (Phi) is 7.77. The van der Waals surface area contributed by atoms with Crippen LogP contribution in [0.25, 0.3) is 0 Å². The third kappa shape index (κ3) is 4.56. The normalized spacial score (nSPS) is 22.6. The molecule has 0 aliphatic carbocycles. The van der Waals surface area contributed by atoms with Crippen LogP contribution in [-0.2, 0) is 23.8 Å². The molecule has 3 atom stereocenters. The SMILES string of the molecule is C=CCOC(=O)C1=C(C2CN(C(=O)OCC=C)N(C(=O)OCC=C)C2)C[C@@H]2[C@@H]([C@@H](C)O)C(=O)N12. The number of hydrazine groups is 1. The van der Waals surface area contributed by atoms with Crippen molar-refractivity contribution in [2.75, 3.05) is 32.9 Å². The number of aliphatic hydroxyl groups excluding tert-OH is 1. The topological polar surface area (TPSA) is 126 Å². The second-order valence-corrected chi connectivity index (χ2v) is 8.10. The minimum absolute atomic E-state index is 0.0147. The summed E-state index contributed by atoms with van der Waals surface area (Å²) in [6.45, 7) is 11.9. The Bertz CT molecular complexity index is 895. The quantitative estimate of drug-likeness (QED) is 0.229. The minimum atomic E-state index is -0.891. The van der Waals surface area contributed by atoms with Crippen molar-refractivity contribution in [1.29, 1.82) is 0 Å². The molecule has 2 saturated heterocycles. The highest BCUT2D eigenvalue weighted by molar-refractivity contribution is 6.00. The molecule has 0 aromatic carbocycles. The molecule has 0 bridgehead atoms. The largest absolute Gasteiger partial charge is 0.457 e. The van der Waals surface area contributed by atoms with Crippen molar-refractivity contribution < 1.29 is 38.5 Å². The molecule has 0 radical (unpaired) electrons. The fourth-order valence-electron chi connectivity index (χ4n) is 4.51. The van der Waals surface area contributed by atoms with Gasteiger partial charge in [-0.2, -0.15) is 0 Å². The summed E-state index contributed by atoms with van der Waals surface area (Å²) in [6, 6.07) is -0.406. The van der Waals surface area contributed by atoms with Crippen LogP contribution in [0.15, 0.2) is 49.2 Å². The molecule has 3 amide bonds. The Labute approximate surface area is 197 Å². The summed E-state index contributed by atoms with van der Waals surface area (Å²) in [5, 5.41) is 12.3. The molecule has 0 spiro atoms. The van der Waals surface area contributed by atoms with Crippen LogP contribution in [0.3, 0.4) is 0 Å². The maximum atomic E-state index is 12.9. The van der Waals surface area contributed by atoms with E-state index in [0.717, 1.165) is 10.0 Å². The number of rotatable bonds is 9. The molecule has 11 nitrogen and oxygen atoms in total. The summed E-state index contributed by atoms with van der Waals surface area (Å²) in [6.07, 6.45) is 2.04. The highest BCUT2D eigenvalue weighted by Crippen LogP contribution is 2.47. The molecular weight excluding hydrogens is 446 g/mol.